The first-order chi connectivity index (χ1) is 16.2. The average molecular weight is 434 g/mol. The standard InChI is InChI=1S/C28H22N2O3/c1-2-33-22-15-13-20(14-16-22)24-18-21-10-5-6-17-30(21)26(24)27(31)28(32)29-25-12-7-9-19-8-3-4-11-23(19)25/h3-18H,2H2,1H3,(H,29,32). The highest BCUT2D eigenvalue weighted by atomic mass is 16.5. The van der Waals surface area contributed by atoms with Crippen LogP contribution < -0.4 is 10.1 Å². The molecule has 3 aromatic carbocycles. The number of amides is 1. The zero-order valence-corrected chi connectivity index (χ0v) is 18.1. The zero-order valence-electron chi connectivity index (χ0n) is 18.1. The van der Waals surface area contributed by atoms with Gasteiger partial charge in [-0.25, -0.2) is 0 Å². The number of nitrogens with zero attached hydrogens (tertiary/aromatic N) is 1. The minimum absolute atomic E-state index is 0.326. The van der Waals surface area contributed by atoms with Crippen LogP contribution in [0.4, 0.5) is 5.69 Å². The number of carbonyl (C=O) groups is 2. The molecule has 33 heavy (non-hydrogen) atoms. The molecule has 0 saturated carbocycles. The van der Waals surface area contributed by atoms with Gasteiger partial charge in [-0.15, -0.1) is 0 Å². The van der Waals surface area contributed by atoms with E-state index < -0.39 is 11.7 Å². The highest BCUT2D eigenvalue weighted by Crippen LogP contribution is 2.30. The Balaban J connectivity index is 1.55. The largest absolute Gasteiger partial charge is 0.494 e. The number of benzene rings is 3. The number of ether oxygens (including phenoxy) is 1. The summed E-state index contributed by atoms with van der Waals surface area (Å²) in [4.78, 5) is 26.6. The Morgan fingerprint density at radius 1 is 0.879 bits per heavy atom. The van der Waals surface area contributed by atoms with Gasteiger partial charge in [-0.2, -0.15) is 0 Å². The van der Waals surface area contributed by atoms with Gasteiger partial charge in [0.05, 0.1) is 6.61 Å². The van der Waals surface area contributed by atoms with Crippen molar-refractivity contribution < 1.29 is 14.3 Å². The number of nitrogens with one attached hydrogen (secondary N) is 1. The summed E-state index contributed by atoms with van der Waals surface area (Å²) >= 11 is 0. The molecule has 2 aromatic heterocycles. The number of pyridine rings is 1. The van der Waals surface area contributed by atoms with Crippen molar-refractivity contribution >= 4 is 33.7 Å². The summed E-state index contributed by atoms with van der Waals surface area (Å²) < 4.78 is 7.30. The lowest BCUT2D eigenvalue weighted by atomic mass is 10.0. The predicted molar refractivity (Wildman–Crippen MR) is 131 cm³/mol. The summed E-state index contributed by atoms with van der Waals surface area (Å²) in [5.41, 5.74) is 3.30. The molecule has 5 rings (SSSR count). The lowest BCUT2D eigenvalue weighted by molar-refractivity contribution is -0.112. The molecule has 0 aliphatic carbocycles. The van der Waals surface area contributed by atoms with Gasteiger partial charge in [0.15, 0.2) is 0 Å². The number of aromatic nitrogens is 1. The molecule has 0 unspecified atom stereocenters. The van der Waals surface area contributed by atoms with Crippen molar-refractivity contribution in [2.24, 2.45) is 0 Å². The van der Waals surface area contributed by atoms with Crippen molar-refractivity contribution in [2.75, 3.05) is 11.9 Å². The van der Waals surface area contributed by atoms with Crippen molar-refractivity contribution in [1.82, 2.24) is 4.40 Å². The quantitative estimate of drug-likeness (QED) is 0.264. The maximum atomic E-state index is 13.5. The van der Waals surface area contributed by atoms with Crippen molar-refractivity contribution in [3.05, 3.63) is 103 Å². The Bertz CT molecular complexity index is 1480. The van der Waals surface area contributed by atoms with Crippen LogP contribution >= 0.6 is 0 Å². The van der Waals surface area contributed by atoms with Crippen LogP contribution in [0.2, 0.25) is 0 Å². The second-order valence-electron chi connectivity index (χ2n) is 7.67. The fraction of sp³-hybridized carbons (Fsp3) is 0.0714. The summed E-state index contributed by atoms with van der Waals surface area (Å²) in [6.45, 7) is 2.51. The van der Waals surface area contributed by atoms with Gasteiger partial charge in [-0.1, -0.05) is 54.6 Å². The van der Waals surface area contributed by atoms with Crippen LogP contribution in [-0.4, -0.2) is 22.7 Å². The molecule has 0 bridgehead atoms. The number of hydrogen-bond acceptors (Lipinski definition) is 3. The third kappa shape index (κ3) is 3.85. The van der Waals surface area contributed by atoms with Crippen LogP contribution in [0.3, 0.4) is 0 Å². The molecule has 0 atom stereocenters. The van der Waals surface area contributed by atoms with Gasteiger partial charge in [0.1, 0.15) is 11.4 Å². The first kappa shape index (κ1) is 20.5. The molecule has 162 valence electrons. The van der Waals surface area contributed by atoms with Crippen LogP contribution in [0, 0.1) is 0 Å². The topological polar surface area (TPSA) is 59.8 Å². The molecule has 0 aliphatic rings. The monoisotopic (exact) mass is 434 g/mol. The summed E-state index contributed by atoms with van der Waals surface area (Å²) in [5, 5.41) is 4.69. The summed E-state index contributed by atoms with van der Waals surface area (Å²) in [5.74, 6) is -0.521. The van der Waals surface area contributed by atoms with E-state index in [4.69, 9.17) is 4.74 Å². The van der Waals surface area contributed by atoms with E-state index in [-0.39, 0.29) is 0 Å². The Morgan fingerprint density at radius 3 is 2.45 bits per heavy atom. The van der Waals surface area contributed by atoms with Crippen molar-refractivity contribution in [3.8, 4) is 16.9 Å². The number of Topliss-reactive ketones (excluding diaryl/α,β-unsaturated/α-hetero) is 1. The lowest BCUT2D eigenvalue weighted by Gasteiger charge is -2.10. The van der Waals surface area contributed by atoms with E-state index in [0.717, 1.165) is 27.6 Å². The Morgan fingerprint density at radius 2 is 1.64 bits per heavy atom. The third-order valence-corrected chi connectivity index (χ3v) is 5.62. The minimum Gasteiger partial charge on any atom is -0.494 e. The molecule has 0 spiro atoms. The van der Waals surface area contributed by atoms with Gasteiger partial charge in [-0.3, -0.25) is 9.59 Å². The number of rotatable bonds is 6. The molecule has 0 fully saturated rings. The number of anilines is 1. The summed E-state index contributed by atoms with van der Waals surface area (Å²) in [7, 11) is 0. The van der Waals surface area contributed by atoms with E-state index in [2.05, 4.69) is 5.32 Å². The maximum absolute atomic E-state index is 13.5. The van der Waals surface area contributed by atoms with E-state index in [1.807, 2.05) is 91.9 Å². The molecule has 1 N–H and O–H groups in total. The Labute approximate surface area is 191 Å². The molecule has 0 radical (unpaired) electrons. The van der Waals surface area contributed by atoms with Gasteiger partial charge in [-0.05, 0) is 54.3 Å². The molecule has 5 heteroatoms. The molecular formula is C28H22N2O3. The number of carbonyl (C=O) groups excluding carboxylic acids is 2. The molecule has 0 saturated heterocycles. The number of fused-ring (bicyclic) bond motifs is 2. The highest BCUT2D eigenvalue weighted by Gasteiger charge is 2.25. The normalized spacial score (nSPS) is 10.9. The van der Waals surface area contributed by atoms with Gasteiger partial charge < -0.3 is 14.5 Å². The fourth-order valence-corrected chi connectivity index (χ4v) is 4.09. The molecule has 0 aliphatic heterocycles. The van der Waals surface area contributed by atoms with Crippen LogP contribution in [0.5, 0.6) is 5.75 Å². The smallest absolute Gasteiger partial charge is 0.298 e. The zero-order chi connectivity index (χ0) is 22.8. The first-order valence-electron chi connectivity index (χ1n) is 10.8. The van der Waals surface area contributed by atoms with E-state index in [1.165, 1.54) is 0 Å². The van der Waals surface area contributed by atoms with Crippen LogP contribution in [0.1, 0.15) is 17.4 Å². The second kappa shape index (κ2) is 8.63. The SMILES string of the molecule is CCOc1ccc(-c2cc3ccccn3c2C(=O)C(=O)Nc2cccc3ccccc23)cc1. The van der Waals surface area contributed by atoms with Crippen molar-refractivity contribution in [2.45, 2.75) is 6.92 Å². The molecule has 2 heterocycles. The van der Waals surface area contributed by atoms with Gasteiger partial charge in [0, 0.05) is 28.4 Å². The van der Waals surface area contributed by atoms with E-state index >= 15 is 0 Å². The van der Waals surface area contributed by atoms with Crippen LogP contribution in [-0.2, 0) is 4.79 Å². The fourth-order valence-electron chi connectivity index (χ4n) is 4.09. The summed E-state index contributed by atoms with van der Waals surface area (Å²) in [6, 6.07) is 28.5. The van der Waals surface area contributed by atoms with E-state index in [0.29, 0.717) is 23.6 Å². The maximum Gasteiger partial charge on any atom is 0.298 e. The van der Waals surface area contributed by atoms with Gasteiger partial charge >= 0.3 is 0 Å². The summed E-state index contributed by atoms with van der Waals surface area (Å²) in [6.07, 6.45) is 1.80. The number of ketones is 1. The predicted octanol–water partition coefficient (Wildman–Crippen LogP) is 5.98. The molecule has 5 nitrogen and oxygen atoms in total. The van der Waals surface area contributed by atoms with Gasteiger partial charge in [0.2, 0.25) is 0 Å². The Kier molecular flexibility index (Phi) is 5.37. The molecular weight excluding hydrogens is 412 g/mol. The molecule has 1 amide bonds. The van der Waals surface area contributed by atoms with Crippen LogP contribution in [0.15, 0.2) is 97.2 Å². The molecule has 5 aromatic rings. The van der Waals surface area contributed by atoms with Gasteiger partial charge in [0.25, 0.3) is 11.7 Å². The Hall–Kier alpha value is -4.38. The third-order valence-electron chi connectivity index (χ3n) is 5.62. The first-order valence-corrected chi connectivity index (χ1v) is 10.8. The average Bonchev–Trinajstić information content (AvgIpc) is 3.24. The van der Waals surface area contributed by atoms with E-state index in [9.17, 15) is 9.59 Å². The highest BCUT2D eigenvalue weighted by molar-refractivity contribution is 6.47. The van der Waals surface area contributed by atoms with E-state index in [1.54, 1.807) is 16.7 Å². The van der Waals surface area contributed by atoms with Crippen molar-refractivity contribution in [1.29, 1.82) is 0 Å². The van der Waals surface area contributed by atoms with Crippen LogP contribution in [0.25, 0.3) is 27.4 Å². The second-order valence-corrected chi connectivity index (χ2v) is 7.67. The van der Waals surface area contributed by atoms with Crippen molar-refractivity contribution in [3.63, 3.8) is 0 Å². The number of hydrogen-bond donors (Lipinski definition) is 1. The lowest BCUT2D eigenvalue weighted by Crippen LogP contribution is -2.24. The minimum atomic E-state index is -0.678.